The molecule has 0 aromatic heterocycles. The first-order valence-corrected chi connectivity index (χ1v) is 12.3. The molecule has 1 atom stereocenters. The van der Waals surface area contributed by atoms with Crippen LogP contribution in [0.25, 0.3) is 10.8 Å². The highest BCUT2D eigenvalue weighted by Crippen LogP contribution is 2.25. The van der Waals surface area contributed by atoms with E-state index in [9.17, 15) is 4.79 Å². The van der Waals surface area contributed by atoms with Crippen molar-refractivity contribution in [2.75, 3.05) is 33.7 Å². The lowest BCUT2D eigenvalue weighted by Gasteiger charge is -2.25. The fraction of sp³-hybridized carbons (Fsp3) is 0.333. The van der Waals surface area contributed by atoms with Gasteiger partial charge in [-0.25, -0.2) is 0 Å². The van der Waals surface area contributed by atoms with E-state index in [1.807, 2.05) is 43.3 Å². The Bertz CT molecular complexity index is 1190. The van der Waals surface area contributed by atoms with Gasteiger partial charge in [0, 0.05) is 32.5 Å². The van der Waals surface area contributed by atoms with Crippen molar-refractivity contribution in [3.63, 3.8) is 0 Å². The van der Waals surface area contributed by atoms with Crippen molar-refractivity contribution in [3.8, 4) is 0 Å². The lowest BCUT2D eigenvalue weighted by molar-refractivity contribution is -0.133. The molecule has 1 aliphatic heterocycles. The van der Waals surface area contributed by atoms with Crippen LogP contribution in [0.15, 0.2) is 65.7 Å². The molecule has 5 nitrogen and oxygen atoms in total. The number of amidine groups is 1. The summed E-state index contributed by atoms with van der Waals surface area (Å²) in [6.07, 6.45) is 1.20. The Morgan fingerprint density at radius 3 is 2.65 bits per heavy atom. The van der Waals surface area contributed by atoms with Crippen molar-refractivity contribution in [2.24, 2.45) is 4.99 Å². The largest absolute Gasteiger partial charge is 0.362 e. The first-order chi connectivity index (χ1) is 16.4. The molecule has 7 heteroatoms. The average molecular weight is 497 g/mol. The molecule has 4 rings (SSSR count). The van der Waals surface area contributed by atoms with E-state index >= 15 is 0 Å². The Labute approximate surface area is 211 Å². The van der Waals surface area contributed by atoms with Crippen LogP contribution in [0.1, 0.15) is 17.5 Å². The summed E-state index contributed by atoms with van der Waals surface area (Å²) in [4.78, 5) is 22.5. The highest BCUT2D eigenvalue weighted by Gasteiger charge is 2.29. The lowest BCUT2D eigenvalue weighted by Crippen LogP contribution is -2.45. The SMILES string of the molecule is CN(C)CCN=C1CCN(Cc2cccc3ccccc23)C(=O)C(Cc2ccc(Cl)c(Cl)c2)N1. The molecule has 3 aromatic rings. The maximum absolute atomic E-state index is 13.7. The van der Waals surface area contributed by atoms with Gasteiger partial charge in [-0.1, -0.05) is 71.7 Å². The van der Waals surface area contributed by atoms with Crippen molar-refractivity contribution in [1.82, 2.24) is 15.1 Å². The van der Waals surface area contributed by atoms with E-state index < -0.39 is 6.04 Å². The van der Waals surface area contributed by atoms with E-state index in [0.29, 0.717) is 42.5 Å². The number of benzene rings is 3. The van der Waals surface area contributed by atoms with Gasteiger partial charge in [0.1, 0.15) is 6.04 Å². The van der Waals surface area contributed by atoms with Crippen LogP contribution in [0.4, 0.5) is 0 Å². The maximum atomic E-state index is 13.7. The summed E-state index contributed by atoms with van der Waals surface area (Å²) in [5.41, 5.74) is 2.10. The zero-order valence-electron chi connectivity index (χ0n) is 19.6. The third-order valence-electron chi connectivity index (χ3n) is 6.08. The van der Waals surface area contributed by atoms with Crippen molar-refractivity contribution in [3.05, 3.63) is 81.8 Å². The van der Waals surface area contributed by atoms with Gasteiger partial charge in [-0.3, -0.25) is 9.79 Å². The quantitative estimate of drug-likeness (QED) is 0.498. The number of carbonyl (C=O) groups excluding carboxylic acids is 1. The average Bonchev–Trinajstić information content (AvgIpc) is 2.96. The predicted molar refractivity (Wildman–Crippen MR) is 142 cm³/mol. The summed E-state index contributed by atoms with van der Waals surface area (Å²) in [6, 6.07) is 19.7. The number of carbonyl (C=O) groups is 1. The van der Waals surface area contributed by atoms with E-state index in [4.69, 9.17) is 28.2 Å². The van der Waals surface area contributed by atoms with E-state index in [0.717, 1.165) is 23.5 Å². The number of halogens is 2. The Hall–Kier alpha value is -2.60. The Kier molecular flexibility index (Phi) is 8.09. The predicted octanol–water partition coefficient (Wildman–Crippen LogP) is 5.04. The van der Waals surface area contributed by atoms with Crippen LogP contribution in [-0.4, -0.2) is 61.3 Å². The topological polar surface area (TPSA) is 47.9 Å². The highest BCUT2D eigenvalue weighted by molar-refractivity contribution is 6.42. The smallest absolute Gasteiger partial charge is 0.245 e. The molecule has 34 heavy (non-hydrogen) atoms. The minimum atomic E-state index is -0.423. The summed E-state index contributed by atoms with van der Waals surface area (Å²) in [5, 5.41) is 6.80. The van der Waals surface area contributed by atoms with Gasteiger partial charge in [-0.2, -0.15) is 0 Å². The van der Waals surface area contributed by atoms with Crippen LogP contribution in [-0.2, 0) is 17.8 Å². The van der Waals surface area contributed by atoms with Gasteiger partial charge in [-0.05, 0) is 48.1 Å². The molecule has 178 valence electrons. The zero-order valence-corrected chi connectivity index (χ0v) is 21.1. The molecule has 1 heterocycles. The number of nitrogens with one attached hydrogen (secondary N) is 1. The fourth-order valence-corrected chi connectivity index (χ4v) is 4.57. The standard InChI is InChI=1S/C27H30Cl2N4O/c1-32(2)15-13-30-26-12-14-33(18-21-8-5-7-20-6-3-4-9-22(20)21)27(34)25(31-26)17-19-10-11-23(28)24(29)16-19/h3-11,16,25H,12-15,17-18H2,1-2H3,(H,30,31). The molecule has 1 unspecified atom stereocenters. The number of hydrogen-bond donors (Lipinski definition) is 1. The Balaban J connectivity index is 1.60. The summed E-state index contributed by atoms with van der Waals surface area (Å²) in [5.74, 6) is 0.942. The summed E-state index contributed by atoms with van der Waals surface area (Å²) < 4.78 is 0. The lowest BCUT2D eigenvalue weighted by atomic mass is 10.0. The van der Waals surface area contributed by atoms with E-state index in [1.54, 1.807) is 6.07 Å². The molecule has 0 saturated carbocycles. The molecule has 3 aromatic carbocycles. The summed E-state index contributed by atoms with van der Waals surface area (Å²) >= 11 is 12.3. The van der Waals surface area contributed by atoms with Crippen LogP contribution in [0.2, 0.25) is 10.0 Å². The van der Waals surface area contributed by atoms with Crippen molar-refractivity contribution >= 4 is 45.7 Å². The van der Waals surface area contributed by atoms with Crippen LogP contribution in [0.3, 0.4) is 0 Å². The van der Waals surface area contributed by atoms with E-state index in [2.05, 4.69) is 40.5 Å². The molecule has 1 amide bonds. The number of aliphatic imine (C=N–C) groups is 1. The molecule has 0 aliphatic carbocycles. The van der Waals surface area contributed by atoms with Crippen molar-refractivity contribution in [2.45, 2.75) is 25.4 Å². The monoisotopic (exact) mass is 496 g/mol. The molecule has 1 fully saturated rings. The molecule has 0 radical (unpaired) electrons. The first kappa shape index (κ1) is 24.5. The second kappa shape index (κ2) is 11.2. The van der Waals surface area contributed by atoms with Gasteiger partial charge in [0.2, 0.25) is 5.91 Å². The van der Waals surface area contributed by atoms with Gasteiger partial charge in [0.25, 0.3) is 0 Å². The molecule has 1 aliphatic rings. The zero-order chi connectivity index (χ0) is 24.1. The highest BCUT2D eigenvalue weighted by atomic mass is 35.5. The molecule has 0 spiro atoms. The molecular formula is C27H30Cl2N4O. The van der Waals surface area contributed by atoms with Gasteiger partial charge in [0.15, 0.2) is 0 Å². The third-order valence-corrected chi connectivity index (χ3v) is 6.82. The van der Waals surface area contributed by atoms with Gasteiger partial charge < -0.3 is 15.1 Å². The number of fused-ring (bicyclic) bond motifs is 1. The van der Waals surface area contributed by atoms with Crippen LogP contribution in [0.5, 0.6) is 0 Å². The summed E-state index contributed by atoms with van der Waals surface area (Å²) in [6.45, 7) is 2.72. The minimum absolute atomic E-state index is 0.0665. The number of nitrogens with zero attached hydrogens (tertiary/aromatic N) is 3. The van der Waals surface area contributed by atoms with Crippen LogP contribution in [0, 0.1) is 0 Å². The van der Waals surface area contributed by atoms with Crippen LogP contribution < -0.4 is 5.32 Å². The second-order valence-corrected chi connectivity index (χ2v) is 9.74. The number of hydrogen-bond acceptors (Lipinski definition) is 3. The third kappa shape index (κ3) is 6.09. The van der Waals surface area contributed by atoms with Crippen molar-refractivity contribution < 1.29 is 4.79 Å². The fourth-order valence-electron chi connectivity index (χ4n) is 4.25. The maximum Gasteiger partial charge on any atom is 0.245 e. The van der Waals surface area contributed by atoms with E-state index in [1.165, 1.54) is 10.8 Å². The van der Waals surface area contributed by atoms with E-state index in [-0.39, 0.29) is 5.91 Å². The Morgan fingerprint density at radius 1 is 1.06 bits per heavy atom. The minimum Gasteiger partial charge on any atom is -0.362 e. The van der Waals surface area contributed by atoms with Crippen molar-refractivity contribution in [1.29, 1.82) is 0 Å². The number of amides is 1. The number of rotatable bonds is 7. The normalized spacial score (nSPS) is 17.9. The Morgan fingerprint density at radius 2 is 1.85 bits per heavy atom. The van der Waals surface area contributed by atoms with Gasteiger partial charge >= 0.3 is 0 Å². The molecular weight excluding hydrogens is 467 g/mol. The van der Waals surface area contributed by atoms with Gasteiger partial charge in [-0.15, -0.1) is 0 Å². The summed E-state index contributed by atoms with van der Waals surface area (Å²) in [7, 11) is 4.06. The van der Waals surface area contributed by atoms with Gasteiger partial charge in [0.05, 0.1) is 22.4 Å². The first-order valence-electron chi connectivity index (χ1n) is 11.5. The van der Waals surface area contributed by atoms with Crippen LogP contribution >= 0.6 is 23.2 Å². The molecule has 1 N–H and O–H groups in total. The molecule has 1 saturated heterocycles. The molecule has 0 bridgehead atoms. The second-order valence-electron chi connectivity index (χ2n) is 8.93. The number of likely N-dealkylation sites (N-methyl/N-ethyl adjacent to an activating group) is 1.